The van der Waals surface area contributed by atoms with Crippen LogP contribution in [0, 0.1) is 0 Å². The summed E-state index contributed by atoms with van der Waals surface area (Å²) in [5, 5.41) is 0. The number of ether oxygens (including phenoxy) is 3. The van der Waals surface area contributed by atoms with Crippen molar-refractivity contribution in [3.63, 3.8) is 0 Å². The Labute approximate surface area is 392 Å². The van der Waals surface area contributed by atoms with Crippen LogP contribution in [0.4, 0.5) is 0 Å². The average molecular weight is 883 g/mol. The molecule has 0 radical (unpaired) electrons. The lowest BCUT2D eigenvalue weighted by Crippen LogP contribution is -2.30. The molecular weight excluding hydrogens is 793 g/mol. The molecule has 1 unspecified atom stereocenters. The summed E-state index contributed by atoms with van der Waals surface area (Å²) in [4.78, 5) is 37.9. The van der Waals surface area contributed by atoms with Crippen LogP contribution in [0.2, 0.25) is 0 Å². The van der Waals surface area contributed by atoms with E-state index in [0.717, 1.165) is 116 Å². The summed E-state index contributed by atoms with van der Waals surface area (Å²) in [6, 6.07) is 0. The lowest BCUT2D eigenvalue weighted by molar-refractivity contribution is -0.167. The first-order valence-corrected chi connectivity index (χ1v) is 25.3. The van der Waals surface area contributed by atoms with Crippen LogP contribution in [0.5, 0.6) is 0 Å². The van der Waals surface area contributed by atoms with Gasteiger partial charge in [0.1, 0.15) is 13.2 Å². The topological polar surface area (TPSA) is 78.9 Å². The predicted octanol–water partition coefficient (Wildman–Crippen LogP) is 16.7. The van der Waals surface area contributed by atoms with Crippen LogP contribution in [0.3, 0.4) is 0 Å². The fraction of sp³-hybridized carbons (Fsp3) is 0.569. The summed E-state index contributed by atoms with van der Waals surface area (Å²) < 4.78 is 16.7. The molecule has 0 spiro atoms. The molecule has 0 aliphatic heterocycles. The zero-order chi connectivity index (χ0) is 46.5. The Morgan fingerprint density at radius 1 is 0.328 bits per heavy atom. The largest absolute Gasteiger partial charge is 0.462 e. The van der Waals surface area contributed by atoms with Crippen molar-refractivity contribution in [3.05, 3.63) is 134 Å². The molecule has 0 N–H and O–H groups in total. The van der Waals surface area contributed by atoms with E-state index in [9.17, 15) is 14.4 Å². The van der Waals surface area contributed by atoms with E-state index in [0.29, 0.717) is 19.3 Å². The first kappa shape index (κ1) is 59.5. The number of hydrogen-bond acceptors (Lipinski definition) is 6. The van der Waals surface area contributed by atoms with E-state index in [1.54, 1.807) is 0 Å². The molecule has 0 aromatic rings. The molecular formula is C58H90O6. The maximum atomic E-state index is 12.8. The fourth-order valence-electron chi connectivity index (χ4n) is 6.32. The van der Waals surface area contributed by atoms with E-state index in [1.165, 1.54) is 32.1 Å². The Balaban J connectivity index is 4.51. The zero-order valence-electron chi connectivity index (χ0n) is 40.7. The average Bonchev–Trinajstić information content (AvgIpc) is 3.29. The van der Waals surface area contributed by atoms with E-state index in [-0.39, 0.29) is 37.5 Å². The molecule has 0 saturated carbocycles. The number of unbranched alkanes of at least 4 members (excludes halogenated alkanes) is 14. The molecule has 6 nitrogen and oxygen atoms in total. The van der Waals surface area contributed by atoms with Crippen LogP contribution >= 0.6 is 0 Å². The van der Waals surface area contributed by atoms with Gasteiger partial charge in [-0.25, -0.2) is 0 Å². The van der Waals surface area contributed by atoms with E-state index in [2.05, 4.69) is 99.8 Å². The minimum absolute atomic E-state index is 0.117. The monoisotopic (exact) mass is 883 g/mol. The summed E-state index contributed by atoms with van der Waals surface area (Å²) in [5.74, 6) is -1.03. The second-order valence-electron chi connectivity index (χ2n) is 16.1. The summed E-state index contributed by atoms with van der Waals surface area (Å²) in [5.41, 5.74) is 0. The second kappa shape index (κ2) is 51.2. The highest BCUT2D eigenvalue weighted by Crippen LogP contribution is 2.13. The van der Waals surface area contributed by atoms with E-state index in [1.807, 2.05) is 54.7 Å². The van der Waals surface area contributed by atoms with Gasteiger partial charge >= 0.3 is 17.9 Å². The van der Waals surface area contributed by atoms with Gasteiger partial charge in [0.15, 0.2) is 6.10 Å². The molecule has 0 aliphatic carbocycles. The molecule has 0 aromatic heterocycles. The SMILES string of the molecule is CC/C=C/C=C/C=C/C=C/C=C/CCCC(=O)OCC(COC(=O)CCCCCCCC/C=C/C/C=C/C/C=C/C/C=C/CC)OC(=O)CCCCCCCCC/C=C/C/C=C/CC. The summed E-state index contributed by atoms with van der Waals surface area (Å²) >= 11 is 0. The van der Waals surface area contributed by atoms with Gasteiger partial charge < -0.3 is 14.2 Å². The van der Waals surface area contributed by atoms with Crippen molar-refractivity contribution in [2.45, 2.75) is 200 Å². The fourth-order valence-corrected chi connectivity index (χ4v) is 6.32. The second-order valence-corrected chi connectivity index (χ2v) is 16.1. The molecule has 0 amide bonds. The smallest absolute Gasteiger partial charge is 0.306 e. The number of hydrogen-bond donors (Lipinski definition) is 0. The van der Waals surface area contributed by atoms with Gasteiger partial charge in [-0.2, -0.15) is 0 Å². The molecule has 64 heavy (non-hydrogen) atoms. The molecule has 1 atom stereocenters. The lowest BCUT2D eigenvalue weighted by atomic mass is 10.1. The van der Waals surface area contributed by atoms with Crippen LogP contribution in [0.25, 0.3) is 0 Å². The number of esters is 3. The summed E-state index contributed by atoms with van der Waals surface area (Å²) in [6.07, 6.45) is 71.6. The third-order valence-corrected chi connectivity index (χ3v) is 10.0. The minimum Gasteiger partial charge on any atom is -0.462 e. The highest BCUT2D eigenvalue weighted by atomic mass is 16.6. The first-order chi connectivity index (χ1) is 31.5. The van der Waals surface area contributed by atoms with Crippen LogP contribution in [0.1, 0.15) is 194 Å². The quantitative estimate of drug-likeness (QED) is 0.0200. The van der Waals surface area contributed by atoms with E-state index >= 15 is 0 Å². The molecule has 0 bridgehead atoms. The Hall–Kier alpha value is -4.45. The van der Waals surface area contributed by atoms with Gasteiger partial charge in [-0.3, -0.25) is 14.4 Å². The van der Waals surface area contributed by atoms with Gasteiger partial charge in [-0.1, -0.05) is 212 Å². The maximum Gasteiger partial charge on any atom is 0.306 e. The standard InChI is InChI=1S/C58H90O6/c1-4-7-10-13-16-19-22-25-27-28-29-30-31-34-36-39-42-45-48-51-57(60)63-54-55(53-62-56(59)50-47-44-41-38-35-32-24-21-18-15-12-9-6-3)64-58(61)52-49-46-43-40-37-33-26-23-20-17-14-11-8-5-2/h7-12,15-21,24-25,27,29-30,32,35,38,41,55H,4-6,13-14,22-23,26,28,31,33-34,36-37,39-40,42-54H2,1-3H3/b10-7+,11-8+,12-9+,18-15+,19-16+,20-17+,24-21+,27-25+,30-29+,35-32+,41-38+. The highest BCUT2D eigenvalue weighted by molar-refractivity contribution is 5.71. The van der Waals surface area contributed by atoms with Crippen molar-refractivity contribution in [1.82, 2.24) is 0 Å². The number of carbonyl (C=O) groups excluding carboxylic acids is 3. The lowest BCUT2D eigenvalue weighted by Gasteiger charge is -2.18. The number of allylic oxidation sites excluding steroid dienone is 22. The molecule has 0 aliphatic rings. The van der Waals surface area contributed by atoms with Crippen molar-refractivity contribution >= 4 is 17.9 Å². The number of carbonyl (C=O) groups is 3. The van der Waals surface area contributed by atoms with E-state index in [4.69, 9.17) is 14.2 Å². The number of rotatable bonds is 43. The van der Waals surface area contributed by atoms with Crippen molar-refractivity contribution in [1.29, 1.82) is 0 Å². The van der Waals surface area contributed by atoms with Crippen molar-refractivity contribution in [2.24, 2.45) is 0 Å². The normalized spacial score (nSPS) is 13.2. The molecule has 6 heteroatoms. The first-order valence-electron chi connectivity index (χ1n) is 25.3. The van der Waals surface area contributed by atoms with Crippen molar-refractivity contribution < 1.29 is 28.6 Å². The molecule has 0 rings (SSSR count). The van der Waals surface area contributed by atoms with Gasteiger partial charge in [-0.05, 0) is 96.3 Å². The van der Waals surface area contributed by atoms with E-state index < -0.39 is 6.10 Å². The Morgan fingerprint density at radius 3 is 1.11 bits per heavy atom. The van der Waals surface area contributed by atoms with Gasteiger partial charge in [0, 0.05) is 19.3 Å². The molecule has 0 aromatic carbocycles. The van der Waals surface area contributed by atoms with Crippen LogP contribution in [-0.2, 0) is 28.6 Å². The van der Waals surface area contributed by atoms with Crippen molar-refractivity contribution in [3.8, 4) is 0 Å². The van der Waals surface area contributed by atoms with Gasteiger partial charge in [0.05, 0.1) is 0 Å². The van der Waals surface area contributed by atoms with Crippen LogP contribution in [0.15, 0.2) is 134 Å². The van der Waals surface area contributed by atoms with Crippen LogP contribution < -0.4 is 0 Å². The third-order valence-electron chi connectivity index (χ3n) is 10.0. The van der Waals surface area contributed by atoms with Gasteiger partial charge in [0.25, 0.3) is 0 Å². The molecule has 0 fully saturated rings. The summed E-state index contributed by atoms with van der Waals surface area (Å²) in [7, 11) is 0. The minimum atomic E-state index is -0.821. The Morgan fingerprint density at radius 2 is 0.656 bits per heavy atom. The van der Waals surface area contributed by atoms with Crippen molar-refractivity contribution in [2.75, 3.05) is 13.2 Å². The zero-order valence-corrected chi connectivity index (χ0v) is 40.7. The van der Waals surface area contributed by atoms with Gasteiger partial charge in [0.2, 0.25) is 0 Å². The maximum absolute atomic E-state index is 12.8. The third kappa shape index (κ3) is 48.6. The molecule has 0 heterocycles. The predicted molar refractivity (Wildman–Crippen MR) is 274 cm³/mol. The Kier molecular flexibility index (Phi) is 47.6. The van der Waals surface area contributed by atoms with Crippen LogP contribution in [-0.4, -0.2) is 37.2 Å². The molecule has 358 valence electrons. The molecule has 0 saturated heterocycles. The summed E-state index contributed by atoms with van der Waals surface area (Å²) in [6.45, 7) is 6.17. The Bertz CT molecular complexity index is 1430. The highest BCUT2D eigenvalue weighted by Gasteiger charge is 2.19. The van der Waals surface area contributed by atoms with Gasteiger partial charge in [-0.15, -0.1) is 0 Å².